The maximum Gasteiger partial charge on any atom is 0.424 e. The van der Waals surface area contributed by atoms with Crippen LogP contribution in [0.4, 0.5) is 17.6 Å². The summed E-state index contributed by atoms with van der Waals surface area (Å²) in [5, 5.41) is 28.5. The van der Waals surface area contributed by atoms with Gasteiger partial charge in [-0.25, -0.2) is 0 Å². The number of hydrogen-bond donors (Lipinski definition) is 4. The molecule has 1 aromatic heterocycles. The summed E-state index contributed by atoms with van der Waals surface area (Å²) in [4.78, 5) is 12.8. The van der Waals surface area contributed by atoms with Gasteiger partial charge in [-0.2, -0.15) is 17.6 Å². The number of alkyl halides is 3. The van der Waals surface area contributed by atoms with Crippen LogP contribution in [0.5, 0.6) is 0 Å². The van der Waals surface area contributed by atoms with Crippen molar-refractivity contribution in [3.63, 3.8) is 0 Å². The Kier molecular flexibility index (Phi) is 4.16. The van der Waals surface area contributed by atoms with E-state index in [0.29, 0.717) is 10.8 Å². The SMILES string of the molecule is O=c1[nH]c(=S)n([C@@H]2O[C@H](CO)C(O)C2(O)C(F)(F)F)cc1F. The molecule has 0 aromatic carbocycles. The van der Waals surface area contributed by atoms with Crippen LogP contribution >= 0.6 is 12.2 Å². The van der Waals surface area contributed by atoms with Gasteiger partial charge in [-0.15, -0.1) is 0 Å². The number of halogens is 4. The quantitative estimate of drug-likeness (QED) is 0.428. The summed E-state index contributed by atoms with van der Waals surface area (Å²) >= 11 is 4.61. The molecule has 1 aliphatic heterocycles. The molecule has 7 nitrogen and oxygen atoms in total. The molecule has 12 heteroatoms. The molecule has 2 rings (SSSR count). The predicted molar refractivity (Wildman–Crippen MR) is 63.9 cm³/mol. The Morgan fingerprint density at radius 3 is 2.59 bits per heavy atom. The van der Waals surface area contributed by atoms with Crippen LogP contribution in [-0.2, 0) is 4.74 Å². The number of aromatic amines is 1. The fraction of sp³-hybridized carbons (Fsp3) is 0.600. The lowest BCUT2D eigenvalue weighted by Gasteiger charge is -2.33. The molecular weight excluding hydrogens is 336 g/mol. The highest BCUT2D eigenvalue weighted by atomic mass is 32.1. The first kappa shape index (κ1) is 17.0. The molecule has 22 heavy (non-hydrogen) atoms. The van der Waals surface area contributed by atoms with Crippen LogP contribution in [0.1, 0.15) is 6.23 Å². The van der Waals surface area contributed by atoms with E-state index in [4.69, 9.17) is 9.84 Å². The highest BCUT2D eigenvalue weighted by molar-refractivity contribution is 7.71. The van der Waals surface area contributed by atoms with E-state index in [1.54, 1.807) is 4.98 Å². The van der Waals surface area contributed by atoms with Gasteiger partial charge in [0.15, 0.2) is 11.0 Å². The van der Waals surface area contributed by atoms with E-state index in [2.05, 4.69) is 12.2 Å². The summed E-state index contributed by atoms with van der Waals surface area (Å²) in [6.07, 6.45) is -11.8. The van der Waals surface area contributed by atoms with E-state index < -0.39 is 53.0 Å². The largest absolute Gasteiger partial charge is 0.424 e. The third-order valence-electron chi connectivity index (χ3n) is 3.29. The van der Waals surface area contributed by atoms with Crippen LogP contribution < -0.4 is 5.56 Å². The van der Waals surface area contributed by atoms with Crippen molar-refractivity contribution in [3.8, 4) is 0 Å². The second kappa shape index (κ2) is 5.38. The van der Waals surface area contributed by atoms with Crippen LogP contribution in [-0.4, -0.2) is 55.5 Å². The molecule has 1 aromatic rings. The van der Waals surface area contributed by atoms with Gasteiger partial charge in [0, 0.05) is 0 Å². The Morgan fingerprint density at radius 1 is 1.50 bits per heavy atom. The summed E-state index contributed by atoms with van der Waals surface area (Å²) in [5.74, 6) is -1.47. The molecule has 0 spiro atoms. The van der Waals surface area contributed by atoms with Gasteiger partial charge < -0.3 is 20.1 Å². The van der Waals surface area contributed by atoms with Gasteiger partial charge in [0.2, 0.25) is 11.4 Å². The highest BCUT2D eigenvalue weighted by Gasteiger charge is 2.70. The summed E-state index contributed by atoms with van der Waals surface area (Å²) in [5.41, 5.74) is -5.13. The Morgan fingerprint density at radius 2 is 2.09 bits per heavy atom. The van der Waals surface area contributed by atoms with E-state index in [1.165, 1.54) is 0 Å². The van der Waals surface area contributed by atoms with Gasteiger partial charge in [0.1, 0.15) is 12.2 Å². The number of aliphatic hydroxyl groups is 3. The maximum absolute atomic E-state index is 13.3. The first-order chi connectivity index (χ1) is 10.0. The second-order valence-corrected chi connectivity index (χ2v) is 5.01. The lowest BCUT2D eigenvalue weighted by atomic mass is 9.93. The number of aromatic nitrogens is 2. The Hall–Kier alpha value is -1.34. The lowest BCUT2D eigenvalue weighted by molar-refractivity contribution is -0.304. The second-order valence-electron chi connectivity index (χ2n) is 4.62. The minimum atomic E-state index is -5.39. The molecule has 124 valence electrons. The van der Waals surface area contributed by atoms with Gasteiger partial charge >= 0.3 is 6.18 Å². The lowest BCUT2D eigenvalue weighted by Crippen LogP contribution is -2.57. The average molecular weight is 346 g/mol. The minimum absolute atomic E-state index is 0.315. The first-order valence-electron chi connectivity index (χ1n) is 5.78. The standard InChI is InChI=1S/C10H10F4N2O5S/c11-3-1-16(8(22)15-6(3)19)7-9(20,10(12,13)14)5(18)4(2-17)21-7/h1,4-5,7,17-18,20H,2H2,(H,15,19,22)/t4-,5?,7-,9?/m1/s1. The monoisotopic (exact) mass is 346 g/mol. The number of ether oxygens (including phenoxy) is 1. The Labute approximate surface area is 124 Å². The normalized spacial score (nSPS) is 32.4. The summed E-state index contributed by atoms with van der Waals surface area (Å²) in [6, 6.07) is 0. The van der Waals surface area contributed by atoms with Gasteiger partial charge in [0.25, 0.3) is 5.56 Å². The molecule has 4 atom stereocenters. The molecule has 2 unspecified atom stereocenters. The zero-order chi connectivity index (χ0) is 16.9. The van der Waals surface area contributed by atoms with Crippen molar-refractivity contribution in [1.29, 1.82) is 0 Å². The molecule has 1 fully saturated rings. The van der Waals surface area contributed by atoms with Crippen LogP contribution in [0.25, 0.3) is 0 Å². The number of nitrogens with zero attached hydrogens (tertiary/aromatic N) is 1. The van der Waals surface area contributed by atoms with Crippen molar-refractivity contribution in [2.24, 2.45) is 0 Å². The van der Waals surface area contributed by atoms with E-state index >= 15 is 0 Å². The van der Waals surface area contributed by atoms with Crippen molar-refractivity contribution in [1.82, 2.24) is 9.55 Å². The smallest absolute Gasteiger partial charge is 0.394 e. The molecule has 1 saturated heterocycles. The van der Waals surface area contributed by atoms with Crippen LogP contribution in [0.2, 0.25) is 0 Å². The van der Waals surface area contributed by atoms with Gasteiger partial charge in [-0.05, 0) is 12.2 Å². The molecular formula is C10H10F4N2O5S. The maximum atomic E-state index is 13.3. The van der Waals surface area contributed by atoms with Crippen molar-refractivity contribution >= 4 is 12.2 Å². The van der Waals surface area contributed by atoms with Crippen molar-refractivity contribution in [3.05, 3.63) is 27.1 Å². The Bertz CT molecular complexity index is 689. The third-order valence-corrected chi connectivity index (χ3v) is 3.61. The van der Waals surface area contributed by atoms with Crippen LogP contribution in [0, 0.1) is 10.6 Å². The molecule has 0 radical (unpaired) electrons. The molecule has 1 aliphatic rings. The summed E-state index contributed by atoms with van der Waals surface area (Å²) < 4.78 is 57.2. The van der Waals surface area contributed by atoms with E-state index in [0.717, 1.165) is 0 Å². The molecule has 2 heterocycles. The van der Waals surface area contributed by atoms with Crippen molar-refractivity contribution in [2.45, 2.75) is 30.2 Å². The first-order valence-corrected chi connectivity index (χ1v) is 6.19. The number of rotatable bonds is 2. The fourth-order valence-electron chi connectivity index (χ4n) is 2.14. The molecule has 0 amide bonds. The van der Waals surface area contributed by atoms with E-state index in [-0.39, 0.29) is 0 Å². The number of hydrogen-bond acceptors (Lipinski definition) is 6. The van der Waals surface area contributed by atoms with Gasteiger partial charge in [-0.1, -0.05) is 0 Å². The van der Waals surface area contributed by atoms with Crippen molar-refractivity contribution < 1.29 is 37.6 Å². The topological polar surface area (TPSA) is 108 Å². The van der Waals surface area contributed by atoms with Gasteiger partial charge in [0.05, 0.1) is 12.8 Å². The third kappa shape index (κ3) is 2.36. The molecule has 4 N–H and O–H groups in total. The fourth-order valence-corrected chi connectivity index (χ4v) is 2.38. The number of nitrogens with one attached hydrogen (secondary N) is 1. The zero-order valence-electron chi connectivity index (χ0n) is 10.5. The highest BCUT2D eigenvalue weighted by Crippen LogP contribution is 2.48. The summed E-state index contributed by atoms with van der Waals surface area (Å²) in [6.45, 7) is -1.03. The number of aliphatic hydroxyl groups excluding tert-OH is 2. The minimum Gasteiger partial charge on any atom is -0.394 e. The van der Waals surface area contributed by atoms with Crippen molar-refractivity contribution in [2.75, 3.05) is 6.61 Å². The molecule has 0 saturated carbocycles. The predicted octanol–water partition coefficient (Wildman–Crippen LogP) is -0.411. The van der Waals surface area contributed by atoms with Crippen LogP contribution in [0.15, 0.2) is 11.0 Å². The molecule has 0 aliphatic carbocycles. The Balaban J connectivity index is 2.65. The average Bonchev–Trinajstić information content (AvgIpc) is 2.67. The van der Waals surface area contributed by atoms with Gasteiger partial charge in [-0.3, -0.25) is 14.3 Å². The molecule has 0 bridgehead atoms. The van der Waals surface area contributed by atoms with E-state index in [1.807, 2.05) is 0 Å². The van der Waals surface area contributed by atoms with E-state index in [9.17, 15) is 32.6 Å². The summed E-state index contributed by atoms with van der Waals surface area (Å²) in [7, 11) is 0. The zero-order valence-corrected chi connectivity index (χ0v) is 11.4. The number of H-pyrrole nitrogens is 1. The van der Waals surface area contributed by atoms with Crippen LogP contribution in [0.3, 0.4) is 0 Å².